The van der Waals surface area contributed by atoms with E-state index in [1.54, 1.807) is 11.3 Å². The molecule has 1 saturated heterocycles. The van der Waals surface area contributed by atoms with Crippen molar-refractivity contribution in [2.75, 3.05) is 18.4 Å². The number of anilines is 1. The fourth-order valence-electron chi connectivity index (χ4n) is 3.53. The van der Waals surface area contributed by atoms with E-state index in [9.17, 15) is 0 Å². The van der Waals surface area contributed by atoms with Crippen LogP contribution in [0.5, 0.6) is 0 Å². The van der Waals surface area contributed by atoms with Crippen LogP contribution in [-0.2, 0) is 5.41 Å². The fourth-order valence-corrected chi connectivity index (χ4v) is 4.52. The van der Waals surface area contributed by atoms with Crippen LogP contribution in [0.25, 0.3) is 21.3 Å². The molecule has 1 aliphatic heterocycles. The number of aromatic nitrogens is 3. The lowest BCUT2D eigenvalue weighted by molar-refractivity contribution is 0.411. The minimum absolute atomic E-state index is 0.142. The first-order chi connectivity index (χ1) is 13.9. The van der Waals surface area contributed by atoms with Gasteiger partial charge >= 0.3 is 6.01 Å². The summed E-state index contributed by atoms with van der Waals surface area (Å²) in [5.41, 5.74) is 3.48. The van der Waals surface area contributed by atoms with E-state index in [1.807, 2.05) is 6.92 Å². The highest BCUT2D eigenvalue weighted by Crippen LogP contribution is 2.35. The Balaban J connectivity index is 1.47. The van der Waals surface area contributed by atoms with E-state index in [4.69, 9.17) is 9.40 Å². The van der Waals surface area contributed by atoms with Crippen molar-refractivity contribution in [3.05, 3.63) is 35.5 Å². The highest BCUT2D eigenvalue weighted by Gasteiger charge is 2.19. The summed E-state index contributed by atoms with van der Waals surface area (Å²) in [4.78, 5) is 5.67. The van der Waals surface area contributed by atoms with E-state index in [-0.39, 0.29) is 5.41 Å². The molecule has 29 heavy (non-hydrogen) atoms. The van der Waals surface area contributed by atoms with Crippen molar-refractivity contribution < 1.29 is 4.42 Å². The van der Waals surface area contributed by atoms with Crippen LogP contribution in [0.1, 0.15) is 51.3 Å². The fraction of sp³-hybridized carbons (Fsp3) is 0.500. The Morgan fingerprint density at radius 1 is 1.17 bits per heavy atom. The Morgan fingerprint density at radius 2 is 1.97 bits per heavy atom. The van der Waals surface area contributed by atoms with E-state index in [1.165, 1.54) is 24.8 Å². The van der Waals surface area contributed by atoms with Crippen LogP contribution in [0.15, 0.2) is 28.7 Å². The first-order valence-corrected chi connectivity index (χ1v) is 11.1. The molecule has 3 heterocycles. The Labute approximate surface area is 176 Å². The number of rotatable bonds is 5. The van der Waals surface area contributed by atoms with Crippen LogP contribution in [-0.4, -0.2) is 34.3 Å². The van der Waals surface area contributed by atoms with E-state index < -0.39 is 0 Å². The van der Waals surface area contributed by atoms with Crippen LogP contribution in [0.2, 0.25) is 0 Å². The second-order valence-electron chi connectivity index (χ2n) is 8.70. The number of piperidine rings is 1. The topological polar surface area (TPSA) is 75.9 Å². The van der Waals surface area contributed by atoms with Gasteiger partial charge in [-0.15, -0.1) is 16.4 Å². The summed E-state index contributed by atoms with van der Waals surface area (Å²) < 4.78 is 5.86. The van der Waals surface area contributed by atoms with E-state index in [0.717, 1.165) is 34.2 Å². The molecule has 0 aliphatic carbocycles. The van der Waals surface area contributed by atoms with Gasteiger partial charge in [0.1, 0.15) is 9.88 Å². The third-order valence-corrected chi connectivity index (χ3v) is 6.52. The Morgan fingerprint density at radius 3 is 2.66 bits per heavy atom. The van der Waals surface area contributed by atoms with Crippen LogP contribution < -0.4 is 10.6 Å². The van der Waals surface area contributed by atoms with Crippen molar-refractivity contribution in [1.29, 1.82) is 0 Å². The smallest absolute Gasteiger partial charge is 0.315 e. The van der Waals surface area contributed by atoms with Crippen LogP contribution in [0, 0.1) is 6.92 Å². The summed E-state index contributed by atoms with van der Waals surface area (Å²) >= 11 is 1.59. The number of nitrogens with zero attached hydrogens (tertiary/aromatic N) is 3. The number of nitrogens with one attached hydrogen (secondary N) is 2. The van der Waals surface area contributed by atoms with Crippen molar-refractivity contribution in [1.82, 2.24) is 20.5 Å². The molecule has 0 spiro atoms. The minimum atomic E-state index is 0.142. The molecular formula is C22H29N5OS. The summed E-state index contributed by atoms with van der Waals surface area (Å²) in [6.45, 7) is 10.5. The molecular weight excluding hydrogens is 382 g/mol. The SMILES string of the molecule is Cc1nc(-c2ccc(C(C)(C)C)cc2)sc1-c1nnc(NCC2CCCCN2)o1. The summed E-state index contributed by atoms with van der Waals surface area (Å²) in [6, 6.07) is 9.57. The molecule has 0 amide bonds. The standard InChI is InChI=1S/C22H29N5OS/c1-14-18(19-26-27-21(28-19)24-13-17-7-5-6-12-23-17)29-20(25-14)15-8-10-16(11-9-15)22(2,3)4/h8-11,17,23H,5-7,12-13H2,1-4H3,(H,24,27). The summed E-state index contributed by atoms with van der Waals surface area (Å²) in [5, 5.41) is 16.1. The zero-order valence-corrected chi connectivity index (χ0v) is 18.4. The lowest BCUT2D eigenvalue weighted by Gasteiger charge is -2.22. The molecule has 4 rings (SSSR count). The quantitative estimate of drug-likeness (QED) is 0.614. The zero-order valence-electron chi connectivity index (χ0n) is 17.6. The molecule has 1 fully saturated rings. The molecule has 1 aromatic carbocycles. The highest BCUT2D eigenvalue weighted by atomic mass is 32.1. The number of aryl methyl sites for hydroxylation is 1. The predicted molar refractivity (Wildman–Crippen MR) is 118 cm³/mol. The number of hydrogen-bond acceptors (Lipinski definition) is 7. The lowest BCUT2D eigenvalue weighted by Crippen LogP contribution is -2.39. The molecule has 0 bridgehead atoms. The second kappa shape index (κ2) is 8.24. The first kappa shape index (κ1) is 20.0. The van der Waals surface area contributed by atoms with Gasteiger partial charge in [0.25, 0.3) is 5.89 Å². The van der Waals surface area contributed by atoms with E-state index in [0.29, 0.717) is 17.9 Å². The third kappa shape index (κ3) is 4.67. The number of hydrogen-bond donors (Lipinski definition) is 2. The maximum absolute atomic E-state index is 5.86. The van der Waals surface area contributed by atoms with Gasteiger partial charge in [-0.3, -0.25) is 0 Å². The van der Waals surface area contributed by atoms with Gasteiger partial charge in [0, 0.05) is 18.2 Å². The summed E-state index contributed by atoms with van der Waals surface area (Å²) in [5.74, 6) is 0.525. The highest BCUT2D eigenvalue weighted by molar-refractivity contribution is 7.18. The van der Waals surface area contributed by atoms with Crippen LogP contribution in [0.4, 0.5) is 6.01 Å². The largest absolute Gasteiger partial charge is 0.402 e. The third-order valence-electron chi connectivity index (χ3n) is 5.33. The molecule has 1 aliphatic rings. The Bertz CT molecular complexity index is 948. The van der Waals surface area contributed by atoms with Gasteiger partial charge in [-0.25, -0.2) is 4.98 Å². The van der Waals surface area contributed by atoms with E-state index in [2.05, 4.69) is 65.9 Å². The van der Waals surface area contributed by atoms with E-state index >= 15 is 0 Å². The maximum atomic E-state index is 5.86. The maximum Gasteiger partial charge on any atom is 0.315 e. The van der Waals surface area contributed by atoms with Gasteiger partial charge < -0.3 is 15.1 Å². The monoisotopic (exact) mass is 411 g/mol. The average molecular weight is 412 g/mol. The molecule has 0 saturated carbocycles. The summed E-state index contributed by atoms with van der Waals surface area (Å²) in [7, 11) is 0. The molecule has 1 atom stereocenters. The zero-order chi connectivity index (χ0) is 20.4. The van der Waals surface area contributed by atoms with Crippen molar-refractivity contribution in [3.8, 4) is 21.3 Å². The molecule has 0 radical (unpaired) electrons. The molecule has 6 nitrogen and oxygen atoms in total. The molecule has 1 unspecified atom stereocenters. The van der Waals surface area contributed by atoms with Gasteiger partial charge in [-0.2, -0.15) is 0 Å². The predicted octanol–water partition coefficient (Wildman–Crippen LogP) is 5.02. The first-order valence-electron chi connectivity index (χ1n) is 10.3. The van der Waals surface area contributed by atoms with Crippen LogP contribution in [0.3, 0.4) is 0 Å². The Kier molecular flexibility index (Phi) is 5.69. The van der Waals surface area contributed by atoms with Gasteiger partial charge in [-0.1, -0.05) is 56.6 Å². The van der Waals surface area contributed by atoms with Crippen molar-refractivity contribution in [2.45, 2.75) is 58.4 Å². The van der Waals surface area contributed by atoms with Crippen molar-refractivity contribution >= 4 is 17.4 Å². The second-order valence-corrected chi connectivity index (χ2v) is 9.70. The normalized spacial score (nSPS) is 17.4. The minimum Gasteiger partial charge on any atom is -0.402 e. The van der Waals surface area contributed by atoms with Gasteiger partial charge in [0.05, 0.1) is 5.69 Å². The number of thiazole rings is 1. The average Bonchev–Trinajstić information content (AvgIpc) is 3.33. The van der Waals surface area contributed by atoms with Crippen LogP contribution >= 0.6 is 11.3 Å². The van der Waals surface area contributed by atoms with Gasteiger partial charge in [-0.05, 0) is 37.3 Å². The summed E-state index contributed by atoms with van der Waals surface area (Å²) in [6.07, 6.45) is 3.71. The van der Waals surface area contributed by atoms with Crippen molar-refractivity contribution in [3.63, 3.8) is 0 Å². The molecule has 2 N–H and O–H groups in total. The molecule has 154 valence electrons. The van der Waals surface area contributed by atoms with Gasteiger partial charge in [0.15, 0.2) is 0 Å². The molecule has 7 heteroatoms. The molecule has 3 aromatic rings. The molecule has 2 aromatic heterocycles. The number of benzene rings is 1. The van der Waals surface area contributed by atoms with Crippen molar-refractivity contribution in [2.24, 2.45) is 0 Å². The Hall–Kier alpha value is -2.25. The lowest BCUT2D eigenvalue weighted by atomic mass is 9.87. The van der Waals surface area contributed by atoms with Gasteiger partial charge in [0.2, 0.25) is 0 Å².